The average molecular weight is 881 g/mol. The summed E-state index contributed by atoms with van der Waals surface area (Å²) in [6.07, 6.45) is 12.8. The highest BCUT2D eigenvalue weighted by molar-refractivity contribution is 5.88. The van der Waals surface area contributed by atoms with Crippen LogP contribution in [0.3, 0.4) is 0 Å². The van der Waals surface area contributed by atoms with E-state index in [-0.39, 0.29) is 49.9 Å². The van der Waals surface area contributed by atoms with E-state index in [1.54, 1.807) is 26.8 Å². The van der Waals surface area contributed by atoms with Crippen LogP contribution in [0.4, 0.5) is 4.39 Å². The molecule has 4 rings (SSSR count). The molecule has 10 heteroatoms. The number of rotatable bonds is 26. The van der Waals surface area contributed by atoms with Crippen LogP contribution in [-0.2, 0) is 47.9 Å². The Labute approximate surface area is 381 Å². The first-order chi connectivity index (χ1) is 30.6. The molecule has 0 bridgehead atoms. The molecule has 0 heterocycles. The third kappa shape index (κ3) is 14.7. The molecule has 4 N–H and O–H groups in total. The summed E-state index contributed by atoms with van der Waals surface area (Å²) >= 11 is 0. The van der Waals surface area contributed by atoms with Crippen LogP contribution in [-0.4, -0.2) is 57.4 Å². The predicted molar refractivity (Wildman–Crippen MR) is 255 cm³/mol. The first kappa shape index (κ1) is 51.6. The molecule has 9 nitrogen and oxygen atoms in total. The molecule has 0 radical (unpaired) electrons. The zero-order valence-electron chi connectivity index (χ0n) is 39.2. The molecule has 0 unspecified atom stereocenters. The Morgan fingerprint density at radius 3 is 1.89 bits per heavy atom. The molecule has 0 saturated heterocycles. The standard InChI is InChI=1S/C54H73FN2O7/c1-9-11-12-15-39-18-20-41(21-19-39)42-22-24-46(49(55)31-42)48-30-43(17-14-27-61-51(58)36(3)4)47(29-40(48)10-2)44-23-25-50(45(28-44)16-13-26-56)62-33-54(32-57,34-63-52(59)37(5)6)35-64-53(60)38(7)8/h22-25,28-31,39,41H,3,5,7,9-21,26-27,32-35,56-57H2,1-2,4,6,8H3. The molecule has 3 aromatic rings. The van der Waals surface area contributed by atoms with Gasteiger partial charge < -0.3 is 30.4 Å². The Kier molecular flexibility index (Phi) is 20.5. The van der Waals surface area contributed by atoms with E-state index in [1.807, 2.05) is 18.2 Å². The summed E-state index contributed by atoms with van der Waals surface area (Å²) in [5, 5.41) is 0. The summed E-state index contributed by atoms with van der Waals surface area (Å²) in [6, 6.07) is 16.1. The van der Waals surface area contributed by atoms with Gasteiger partial charge in [-0.15, -0.1) is 0 Å². The van der Waals surface area contributed by atoms with Crippen LogP contribution in [0.5, 0.6) is 5.75 Å². The molecule has 1 aliphatic carbocycles. The van der Waals surface area contributed by atoms with Gasteiger partial charge in [-0.2, -0.15) is 0 Å². The van der Waals surface area contributed by atoms with E-state index in [0.717, 1.165) is 57.7 Å². The second-order valence-electron chi connectivity index (χ2n) is 17.9. The van der Waals surface area contributed by atoms with Crippen LogP contribution in [0.1, 0.15) is 127 Å². The lowest BCUT2D eigenvalue weighted by Gasteiger charge is -2.31. The fourth-order valence-electron chi connectivity index (χ4n) is 8.32. The molecule has 1 fully saturated rings. The highest BCUT2D eigenvalue weighted by Gasteiger charge is 2.35. The maximum absolute atomic E-state index is 16.4. The van der Waals surface area contributed by atoms with Gasteiger partial charge in [0.15, 0.2) is 0 Å². The van der Waals surface area contributed by atoms with Crippen molar-refractivity contribution < 1.29 is 37.7 Å². The number of carbonyl (C=O) groups is 3. The Bertz CT molecular complexity index is 2070. The minimum atomic E-state index is -1.08. The monoisotopic (exact) mass is 881 g/mol. The van der Waals surface area contributed by atoms with Gasteiger partial charge in [0.1, 0.15) is 31.4 Å². The van der Waals surface area contributed by atoms with E-state index in [1.165, 1.54) is 38.5 Å². The topological polar surface area (TPSA) is 140 Å². The van der Waals surface area contributed by atoms with Crippen LogP contribution < -0.4 is 16.2 Å². The second-order valence-corrected chi connectivity index (χ2v) is 17.9. The van der Waals surface area contributed by atoms with Crippen LogP contribution in [0, 0.1) is 17.2 Å². The molecular formula is C54H73FN2O7. The van der Waals surface area contributed by atoms with E-state index >= 15 is 4.39 Å². The molecule has 0 aliphatic heterocycles. The van der Waals surface area contributed by atoms with E-state index in [9.17, 15) is 14.4 Å². The van der Waals surface area contributed by atoms with Gasteiger partial charge in [-0.25, -0.2) is 18.8 Å². The molecular weight excluding hydrogens is 808 g/mol. The van der Waals surface area contributed by atoms with Crippen molar-refractivity contribution in [2.75, 3.05) is 39.5 Å². The molecule has 1 aliphatic rings. The SMILES string of the molecule is C=C(C)C(=O)OCCCc1cc(-c2ccc(C3CCC(CCCCC)CC3)cc2F)c(CC)cc1-c1ccc(OCC(CN)(COC(=O)C(=C)C)COC(=O)C(=C)C)c(CCCN)c1. The van der Waals surface area contributed by atoms with Crippen LogP contribution >= 0.6 is 0 Å². The average Bonchev–Trinajstić information content (AvgIpc) is 3.29. The molecule has 0 atom stereocenters. The third-order valence-corrected chi connectivity index (χ3v) is 12.4. The van der Waals surface area contributed by atoms with Crippen molar-refractivity contribution in [2.45, 2.75) is 124 Å². The van der Waals surface area contributed by atoms with E-state index in [4.69, 9.17) is 30.4 Å². The number of esters is 3. The fourth-order valence-corrected chi connectivity index (χ4v) is 8.32. The van der Waals surface area contributed by atoms with Crippen molar-refractivity contribution in [1.82, 2.24) is 0 Å². The summed E-state index contributed by atoms with van der Waals surface area (Å²) in [6.45, 7) is 20.4. The van der Waals surface area contributed by atoms with Gasteiger partial charge >= 0.3 is 17.9 Å². The van der Waals surface area contributed by atoms with Gasteiger partial charge in [0.25, 0.3) is 0 Å². The maximum Gasteiger partial charge on any atom is 0.333 e. The van der Waals surface area contributed by atoms with Crippen molar-refractivity contribution in [3.05, 3.63) is 113 Å². The summed E-state index contributed by atoms with van der Waals surface area (Å²) in [7, 11) is 0. The largest absolute Gasteiger partial charge is 0.492 e. The van der Waals surface area contributed by atoms with Crippen LogP contribution in [0.25, 0.3) is 22.3 Å². The molecule has 348 valence electrons. The molecule has 0 aromatic heterocycles. The third-order valence-electron chi connectivity index (χ3n) is 12.4. The number of carbonyl (C=O) groups excluding carboxylic acids is 3. The van der Waals surface area contributed by atoms with Crippen molar-refractivity contribution >= 4 is 17.9 Å². The summed E-state index contributed by atoms with van der Waals surface area (Å²) in [5.74, 6) is -0.0899. The zero-order valence-corrected chi connectivity index (χ0v) is 39.2. The molecule has 0 spiro atoms. The summed E-state index contributed by atoms with van der Waals surface area (Å²) < 4.78 is 39.4. The second kappa shape index (κ2) is 25.4. The van der Waals surface area contributed by atoms with Gasteiger partial charge in [0.2, 0.25) is 0 Å². The van der Waals surface area contributed by atoms with Crippen LogP contribution in [0.2, 0.25) is 0 Å². The summed E-state index contributed by atoms with van der Waals surface area (Å²) in [4.78, 5) is 37.1. The van der Waals surface area contributed by atoms with Gasteiger partial charge in [-0.3, -0.25) is 0 Å². The number of halogens is 1. The normalized spacial score (nSPS) is 15.0. The van der Waals surface area contributed by atoms with E-state index in [2.05, 4.69) is 57.8 Å². The molecule has 64 heavy (non-hydrogen) atoms. The smallest absolute Gasteiger partial charge is 0.333 e. The van der Waals surface area contributed by atoms with Crippen LogP contribution in [0.15, 0.2) is 85.0 Å². The number of aryl methyl sites for hydroxylation is 3. The number of hydrogen-bond donors (Lipinski definition) is 2. The van der Waals surface area contributed by atoms with Crippen molar-refractivity contribution in [2.24, 2.45) is 22.8 Å². The number of ether oxygens (including phenoxy) is 4. The summed E-state index contributed by atoms with van der Waals surface area (Å²) in [5.41, 5.74) is 19.3. The predicted octanol–water partition coefficient (Wildman–Crippen LogP) is 11.1. The Balaban J connectivity index is 1.71. The lowest BCUT2D eigenvalue weighted by atomic mass is 9.76. The van der Waals surface area contributed by atoms with E-state index in [0.29, 0.717) is 61.5 Å². The highest BCUT2D eigenvalue weighted by Crippen LogP contribution is 2.41. The molecule has 0 amide bonds. The lowest BCUT2D eigenvalue weighted by molar-refractivity contribution is -0.150. The first-order valence-electron chi connectivity index (χ1n) is 23.2. The molecule has 1 saturated carbocycles. The minimum absolute atomic E-state index is 0.0170. The quantitative estimate of drug-likeness (QED) is 0.0349. The number of benzene rings is 3. The van der Waals surface area contributed by atoms with E-state index < -0.39 is 23.3 Å². The first-order valence-corrected chi connectivity index (χ1v) is 23.2. The van der Waals surface area contributed by atoms with Gasteiger partial charge in [-0.05, 0) is 154 Å². The fraction of sp³-hybridized carbons (Fsp3) is 0.500. The number of hydrogen-bond acceptors (Lipinski definition) is 9. The minimum Gasteiger partial charge on any atom is -0.492 e. The Morgan fingerprint density at radius 2 is 1.31 bits per heavy atom. The number of unbranched alkanes of at least 4 members (excludes halogenated alkanes) is 2. The number of nitrogens with two attached hydrogens (primary N) is 2. The van der Waals surface area contributed by atoms with Crippen molar-refractivity contribution in [3.8, 4) is 28.0 Å². The van der Waals surface area contributed by atoms with Crippen molar-refractivity contribution in [3.63, 3.8) is 0 Å². The lowest BCUT2D eigenvalue weighted by Crippen LogP contribution is -2.45. The Morgan fingerprint density at radius 1 is 0.688 bits per heavy atom. The van der Waals surface area contributed by atoms with Gasteiger partial charge in [0, 0.05) is 28.8 Å². The zero-order chi connectivity index (χ0) is 46.8. The highest BCUT2D eigenvalue weighted by atomic mass is 19.1. The maximum atomic E-state index is 16.4. The van der Waals surface area contributed by atoms with Crippen molar-refractivity contribution in [1.29, 1.82) is 0 Å². The van der Waals surface area contributed by atoms with Gasteiger partial charge in [0.05, 0.1) is 12.0 Å². The van der Waals surface area contributed by atoms with Gasteiger partial charge in [-0.1, -0.05) is 89.6 Å². The Hall–Kier alpha value is -5.06. The molecule has 3 aromatic carbocycles.